The van der Waals surface area contributed by atoms with Crippen LogP contribution >= 0.6 is 0 Å². The van der Waals surface area contributed by atoms with Crippen LogP contribution in [0, 0.1) is 0 Å². The largest absolute Gasteiger partial charge is 0.330 e. The summed E-state index contributed by atoms with van der Waals surface area (Å²) >= 11 is 0. The number of hydrogen-bond acceptors (Lipinski definition) is 3. The molecule has 0 spiro atoms. The Hall–Kier alpha value is -2.66. The molecule has 0 aromatic heterocycles. The Morgan fingerprint density at radius 3 is 2.64 bits per heavy atom. The van der Waals surface area contributed by atoms with E-state index in [1.165, 1.54) is 4.90 Å². The van der Waals surface area contributed by atoms with Crippen molar-refractivity contribution in [2.24, 2.45) is 5.73 Å². The normalized spacial score (nSPS) is 16.6. The monoisotopic (exact) mass is 295 g/mol. The van der Waals surface area contributed by atoms with E-state index in [0.29, 0.717) is 25.2 Å². The fourth-order valence-electron chi connectivity index (χ4n) is 2.49. The zero-order valence-electron chi connectivity index (χ0n) is 12.1. The summed E-state index contributed by atoms with van der Waals surface area (Å²) in [5, 5.41) is 4.84. The van der Waals surface area contributed by atoms with E-state index in [1.807, 2.05) is 42.5 Å². The second-order valence-corrected chi connectivity index (χ2v) is 5.19. The van der Waals surface area contributed by atoms with Gasteiger partial charge in [-0.15, -0.1) is 0 Å². The number of nitrogens with one attached hydrogen (secondary N) is 1. The van der Waals surface area contributed by atoms with Gasteiger partial charge in [-0.1, -0.05) is 36.4 Å². The first-order chi connectivity index (χ1) is 10.7. The molecule has 1 aliphatic rings. The summed E-state index contributed by atoms with van der Waals surface area (Å²) in [7, 11) is 0. The lowest BCUT2D eigenvalue weighted by molar-refractivity contribution is -0.122. The van der Waals surface area contributed by atoms with Crippen LogP contribution in [-0.4, -0.2) is 29.9 Å². The minimum Gasteiger partial charge on any atom is -0.330 e. The van der Waals surface area contributed by atoms with E-state index in [1.54, 1.807) is 6.08 Å². The maximum Gasteiger partial charge on any atom is 0.329 e. The van der Waals surface area contributed by atoms with Crippen molar-refractivity contribution in [1.29, 1.82) is 0 Å². The van der Waals surface area contributed by atoms with Gasteiger partial charge in [-0.2, -0.15) is 0 Å². The van der Waals surface area contributed by atoms with Crippen molar-refractivity contribution in [2.45, 2.75) is 6.42 Å². The zero-order chi connectivity index (χ0) is 15.5. The number of fused-ring (bicyclic) bond motifs is 1. The Balaban J connectivity index is 1.87. The molecule has 0 unspecified atom stereocenters. The molecule has 1 saturated heterocycles. The first kappa shape index (κ1) is 14.3. The van der Waals surface area contributed by atoms with E-state index < -0.39 is 0 Å². The Morgan fingerprint density at radius 1 is 1.09 bits per heavy atom. The van der Waals surface area contributed by atoms with E-state index in [0.717, 1.165) is 16.3 Å². The summed E-state index contributed by atoms with van der Waals surface area (Å²) in [6.45, 7) is 0.789. The molecule has 0 aliphatic carbocycles. The molecule has 22 heavy (non-hydrogen) atoms. The van der Waals surface area contributed by atoms with Crippen molar-refractivity contribution >= 4 is 28.8 Å². The van der Waals surface area contributed by atoms with Crippen molar-refractivity contribution < 1.29 is 9.59 Å². The van der Waals surface area contributed by atoms with Crippen LogP contribution in [0.2, 0.25) is 0 Å². The summed E-state index contributed by atoms with van der Waals surface area (Å²) in [4.78, 5) is 25.2. The molecule has 0 radical (unpaired) electrons. The molecule has 0 atom stereocenters. The first-order valence-electron chi connectivity index (χ1n) is 7.22. The zero-order valence-corrected chi connectivity index (χ0v) is 12.1. The summed E-state index contributed by atoms with van der Waals surface area (Å²) in [6.07, 6.45) is 2.30. The second-order valence-electron chi connectivity index (χ2n) is 5.19. The topological polar surface area (TPSA) is 75.4 Å². The fraction of sp³-hybridized carbons (Fsp3) is 0.176. The standard InChI is InChI=1S/C17H17N3O2/c18-8-3-9-20-16(21)15(19-17(20)22)11-12-6-7-13-4-1-2-5-14(13)10-12/h1-2,4-7,10-11H,3,8-9,18H2,(H,19,22)/b15-11-. The predicted octanol–water partition coefficient (Wildman–Crippen LogP) is 2.08. The van der Waals surface area contributed by atoms with Gasteiger partial charge < -0.3 is 11.1 Å². The molecule has 112 valence electrons. The minimum absolute atomic E-state index is 0.299. The van der Waals surface area contributed by atoms with Crippen LogP contribution < -0.4 is 11.1 Å². The number of hydrogen-bond donors (Lipinski definition) is 2. The van der Waals surface area contributed by atoms with E-state index in [9.17, 15) is 9.59 Å². The highest BCUT2D eigenvalue weighted by atomic mass is 16.2. The van der Waals surface area contributed by atoms with Crippen LogP contribution in [0.4, 0.5) is 4.79 Å². The third-order valence-corrected chi connectivity index (χ3v) is 3.63. The lowest BCUT2D eigenvalue weighted by atomic mass is 10.1. The van der Waals surface area contributed by atoms with Crippen molar-refractivity contribution in [3.05, 3.63) is 53.7 Å². The summed E-state index contributed by atoms with van der Waals surface area (Å²) in [5.41, 5.74) is 6.61. The molecule has 5 nitrogen and oxygen atoms in total. The van der Waals surface area contributed by atoms with Gasteiger partial charge in [0.2, 0.25) is 0 Å². The van der Waals surface area contributed by atoms with Gasteiger partial charge in [-0.25, -0.2) is 4.79 Å². The van der Waals surface area contributed by atoms with Gasteiger partial charge in [0, 0.05) is 6.54 Å². The summed E-state index contributed by atoms with van der Waals surface area (Å²) in [6, 6.07) is 13.5. The SMILES string of the molecule is NCCCN1C(=O)N/C(=C\c2ccc3ccccc3c2)C1=O. The van der Waals surface area contributed by atoms with E-state index >= 15 is 0 Å². The highest BCUT2D eigenvalue weighted by Crippen LogP contribution is 2.19. The van der Waals surface area contributed by atoms with E-state index in [4.69, 9.17) is 5.73 Å². The molecular weight excluding hydrogens is 278 g/mol. The van der Waals surface area contributed by atoms with Gasteiger partial charge >= 0.3 is 6.03 Å². The number of amides is 3. The highest BCUT2D eigenvalue weighted by Gasteiger charge is 2.32. The first-order valence-corrected chi connectivity index (χ1v) is 7.22. The minimum atomic E-state index is -0.384. The molecule has 3 amide bonds. The second kappa shape index (κ2) is 5.99. The van der Waals surface area contributed by atoms with Crippen molar-refractivity contribution in [3.8, 4) is 0 Å². The maximum absolute atomic E-state index is 12.2. The van der Waals surface area contributed by atoms with Crippen molar-refractivity contribution in [2.75, 3.05) is 13.1 Å². The van der Waals surface area contributed by atoms with Crippen LogP contribution in [0.25, 0.3) is 16.8 Å². The number of nitrogens with zero attached hydrogens (tertiary/aromatic N) is 1. The number of rotatable bonds is 4. The Kier molecular flexibility index (Phi) is 3.89. The van der Waals surface area contributed by atoms with Crippen LogP contribution in [0.3, 0.4) is 0 Å². The number of nitrogens with two attached hydrogens (primary N) is 1. The number of imide groups is 1. The van der Waals surface area contributed by atoms with E-state index in [-0.39, 0.29) is 11.9 Å². The van der Waals surface area contributed by atoms with Gasteiger partial charge in [-0.05, 0) is 41.4 Å². The van der Waals surface area contributed by atoms with Crippen molar-refractivity contribution in [1.82, 2.24) is 10.2 Å². The van der Waals surface area contributed by atoms with Crippen LogP contribution in [0.15, 0.2) is 48.2 Å². The Labute approximate surface area is 128 Å². The molecule has 5 heteroatoms. The van der Waals surface area contributed by atoms with Gasteiger partial charge in [0.05, 0.1) is 0 Å². The molecule has 1 fully saturated rings. The van der Waals surface area contributed by atoms with Gasteiger partial charge in [0.1, 0.15) is 5.70 Å². The Bertz CT molecular complexity index is 767. The average Bonchev–Trinajstić information content (AvgIpc) is 2.79. The molecule has 3 rings (SSSR count). The molecule has 0 saturated carbocycles. The molecule has 2 aromatic carbocycles. The van der Waals surface area contributed by atoms with E-state index in [2.05, 4.69) is 5.32 Å². The number of carbonyl (C=O) groups excluding carboxylic acids is 2. The van der Waals surface area contributed by atoms with Crippen LogP contribution in [-0.2, 0) is 4.79 Å². The molecule has 3 N–H and O–H groups in total. The molecule has 1 heterocycles. The van der Waals surface area contributed by atoms with Crippen LogP contribution in [0.1, 0.15) is 12.0 Å². The lowest BCUT2D eigenvalue weighted by Gasteiger charge is -2.09. The molecule has 0 bridgehead atoms. The molecule has 2 aromatic rings. The quantitative estimate of drug-likeness (QED) is 0.670. The fourth-order valence-corrected chi connectivity index (χ4v) is 2.49. The van der Waals surface area contributed by atoms with Crippen LogP contribution in [0.5, 0.6) is 0 Å². The van der Waals surface area contributed by atoms with Gasteiger partial charge in [0.25, 0.3) is 5.91 Å². The Morgan fingerprint density at radius 2 is 1.86 bits per heavy atom. The van der Waals surface area contributed by atoms with Gasteiger partial charge in [-0.3, -0.25) is 9.69 Å². The van der Waals surface area contributed by atoms with Gasteiger partial charge in [0.15, 0.2) is 0 Å². The average molecular weight is 295 g/mol. The summed E-state index contributed by atoms with van der Waals surface area (Å²) < 4.78 is 0. The molecule has 1 aliphatic heterocycles. The maximum atomic E-state index is 12.2. The highest BCUT2D eigenvalue weighted by molar-refractivity contribution is 6.14. The third-order valence-electron chi connectivity index (χ3n) is 3.63. The molecular formula is C17H17N3O2. The number of carbonyl (C=O) groups is 2. The smallest absolute Gasteiger partial charge is 0.329 e. The third kappa shape index (κ3) is 2.71. The number of urea groups is 1. The summed E-state index contributed by atoms with van der Waals surface area (Å²) in [5.74, 6) is -0.299. The van der Waals surface area contributed by atoms with Crippen molar-refractivity contribution in [3.63, 3.8) is 0 Å². The predicted molar refractivity (Wildman–Crippen MR) is 85.8 cm³/mol. The lowest BCUT2D eigenvalue weighted by Crippen LogP contribution is -2.32. The number of benzene rings is 2.